The Morgan fingerprint density at radius 1 is 1.20 bits per heavy atom. The van der Waals surface area contributed by atoms with Crippen molar-refractivity contribution in [1.29, 1.82) is 0 Å². The summed E-state index contributed by atoms with van der Waals surface area (Å²) in [4.78, 5) is 0. The zero-order valence-corrected chi connectivity index (χ0v) is 5.12. The monoisotopic (exact) mass is 189 g/mol. The second kappa shape index (κ2) is 28.8. The fourth-order valence-electron chi connectivity index (χ4n) is 0. The average molecular weight is 189 g/mol. The zero-order valence-electron chi connectivity index (χ0n) is 1.36. The van der Waals surface area contributed by atoms with Gasteiger partial charge in [0.2, 0.25) is 0 Å². The van der Waals surface area contributed by atoms with E-state index in [1.165, 1.54) is 0 Å². The molecule has 0 aliphatic heterocycles. The van der Waals surface area contributed by atoms with Crippen LogP contribution in [0.5, 0.6) is 0 Å². The molecule has 0 bridgehead atoms. The molecule has 0 aromatic carbocycles. The molecule has 0 saturated heterocycles. The third-order valence-electron chi connectivity index (χ3n) is 0. The zero-order chi connectivity index (χ0) is 2.00. The van der Waals surface area contributed by atoms with E-state index in [1.807, 2.05) is 0 Å². The van der Waals surface area contributed by atoms with Gasteiger partial charge in [0.25, 0.3) is 0 Å². The molecule has 0 unspecified atom stereocenters. The van der Waals surface area contributed by atoms with Gasteiger partial charge in [-0.1, -0.05) is 0 Å². The maximum atomic E-state index is 8.25. The van der Waals surface area contributed by atoms with Gasteiger partial charge in [0.1, 0.15) is 0 Å². The molecule has 1 nitrogen and oxygen atoms in total. The van der Waals surface area contributed by atoms with Gasteiger partial charge >= 0.3 is 72.1 Å². The molecule has 0 rings (SSSR count). The summed E-state index contributed by atoms with van der Waals surface area (Å²) in [7, 11) is 0. The number of hydrogen-bond donors (Lipinski definition) is 0. The van der Waals surface area contributed by atoms with E-state index in [0.29, 0.717) is 0 Å². The van der Waals surface area contributed by atoms with Gasteiger partial charge in [0.05, 0.1) is 0 Å². The van der Waals surface area contributed by atoms with Crippen molar-refractivity contribution in [1.82, 2.24) is 0 Å². The van der Waals surface area contributed by atoms with E-state index in [-0.39, 0.29) is 70.8 Å². The molecule has 5 heteroatoms. The van der Waals surface area contributed by atoms with Crippen LogP contribution in [0.3, 0.4) is 0 Å². The van der Waals surface area contributed by atoms with Crippen molar-refractivity contribution >= 4 is 48.4 Å². The third-order valence-corrected chi connectivity index (χ3v) is 0. The molecular formula is H2LiNaNbOTi. The molecule has 0 aromatic rings. The Bertz CT molecular complexity index is 11.6. The van der Waals surface area contributed by atoms with Crippen LogP contribution >= 0.6 is 0 Å². The van der Waals surface area contributed by atoms with Crippen LogP contribution in [0.4, 0.5) is 0 Å². The van der Waals surface area contributed by atoms with E-state index in [1.54, 1.807) is 0 Å². The second-order valence-electron chi connectivity index (χ2n) is 0. The van der Waals surface area contributed by atoms with Crippen LogP contribution < -0.4 is 0 Å². The topological polar surface area (TPSA) is 17.1 Å². The van der Waals surface area contributed by atoms with Gasteiger partial charge in [-0.15, -0.1) is 0 Å². The quantitative estimate of drug-likeness (QED) is 0.427. The summed E-state index contributed by atoms with van der Waals surface area (Å²) >= 11 is 0.750. The maximum absolute atomic E-state index is 8.25. The summed E-state index contributed by atoms with van der Waals surface area (Å²) in [5.41, 5.74) is 0. The first-order valence-electron chi connectivity index (χ1n) is 0.204. The van der Waals surface area contributed by atoms with E-state index < -0.39 is 0 Å². The average Bonchev–Trinajstić information content (AvgIpc) is 1.00. The molecule has 1 radical (unpaired) electrons. The minimum atomic E-state index is 0. The molecule has 0 N–H and O–H groups in total. The van der Waals surface area contributed by atoms with Crippen molar-refractivity contribution < 1.29 is 46.1 Å². The predicted molar refractivity (Wildman–Crippen MR) is 15.0 cm³/mol. The third kappa shape index (κ3) is 19.8. The van der Waals surface area contributed by atoms with Crippen molar-refractivity contribution in [3.8, 4) is 0 Å². The molecule has 19 valence electrons. The van der Waals surface area contributed by atoms with Gasteiger partial charge in [0.15, 0.2) is 0 Å². The van der Waals surface area contributed by atoms with E-state index in [0.717, 1.165) is 20.4 Å². The molecule has 0 atom stereocenters. The Morgan fingerprint density at radius 3 is 1.20 bits per heavy atom. The Balaban J connectivity index is -0.00000000167. The summed E-state index contributed by atoms with van der Waals surface area (Å²) in [6, 6.07) is 0. The fraction of sp³-hybridized carbons (Fsp3) is 0. The van der Waals surface area contributed by atoms with Crippen molar-refractivity contribution in [2.24, 2.45) is 0 Å². The minimum absolute atomic E-state index is 0. The summed E-state index contributed by atoms with van der Waals surface area (Å²) in [5.74, 6) is 0. The van der Waals surface area contributed by atoms with Crippen LogP contribution in [0.15, 0.2) is 0 Å². The molecular weight excluding hydrogens is 187 g/mol. The first kappa shape index (κ1) is 24.8. The SMILES string of the molecule is [LiH].[NaH].[Nb].[O]=[Ti]. The van der Waals surface area contributed by atoms with E-state index >= 15 is 0 Å². The molecule has 0 aromatic heterocycles. The Morgan fingerprint density at radius 2 is 1.20 bits per heavy atom. The Labute approximate surface area is 92.7 Å². The van der Waals surface area contributed by atoms with Crippen molar-refractivity contribution in [2.45, 2.75) is 0 Å². The van der Waals surface area contributed by atoms with Gasteiger partial charge in [-0.3, -0.25) is 0 Å². The fourth-order valence-corrected chi connectivity index (χ4v) is 0. The van der Waals surface area contributed by atoms with Crippen molar-refractivity contribution in [2.75, 3.05) is 0 Å². The van der Waals surface area contributed by atoms with Gasteiger partial charge in [-0.05, 0) is 0 Å². The number of hydrogen-bond acceptors (Lipinski definition) is 1. The molecule has 0 heterocycles. The first-order valence-corrected chi connectivity index (χ1v) is 0.842. The molecule has 0 aliphatic rings. The summed E-state index contributed by atoms with van der Waals surface area (Å²) < 4.78 is 8.25. The summed E-state index contributed by atoms with van der Waals surface area (Å²) in [6.07, 6.45) is 0. The van der Waals surface area contributed by atoms with Gasteiger partial charge in [-0.2, -0.15) is 0 Å². The number of rotatable bonds is 0. The van der Waals surface area contributed by atoms with Crippen LogP contribution in [-0.2, 0) is 46.1 Å². The van der Waals surface area contributed by atoms with Gasteiger partial charge < -0.3 is 0 Å². The predicted octanol–water partition coefficient (Wildman–Crippen LogP) is -1.42. The van der Waals surface area contributed by atoms with Crippen molar-refractivity contribution in [3.05, 3.63) is 0 Å². The van der Waals surface area contributed by atoms with Gasteiger partial charge in [0, 0.05) is 22.4 Å². The Kier molecular flexibility index (Phi) is 143. The van der Waals surface area contributed by atoms with Crippen LogP contribution in [0.25, 0.3) is 0 Å². The van der Waals surface area contributed by atoms with E-state index in [9.17, 15) is 0 Å². The standard InChI is InChI=1S/Li.Na.Nb.O.Ti.2H. The van der Waals surface area contributed by atoms with Crippen LogP contribution in [0, 0.1) is 0 Å². The van der Waals surface area contributed by atoms with E-state index in [2.05, 4.69) is 0 Å². The molecule has 0 saturated carbocycles. The molecule has 5 heavy (non-hydrogen) atoms. The summed E-state index contributed by atoms with van der Waals surface area (Å²) in [6.45, 7) is 0. The normalized spacial score (nSPS) is 0.600. The van der Waals surface area contributed by atoms with Gasteiger partial charge in [-0.25, -0.2) is 0 Å². The molecule has 0 spiro atoms. The van der Waals surface area contributed by atoms with Crippen LogP contribution in [-0.4, -0.2) is 48.4 Å². The molecule has 0 amide bonds. The summed E-state index contributed by atoms with van der Waals surface area (Å²) in [5, 5.41) is 0. The molecule has 0 aliphatic carbocycles. The van der Waals surface area contributed by atoms with Crippen molar-refractivity contribution in [3.63, 3.8) is 0 Å². The van der Waals surface area contributed by atoms with Crippen LogP contribution in [0.1, 0.15) is 0 Å². The van der Waals surface area contributed by atoms with Crippen LogP contribution in [0.2, 0.25) is 0 Å². The Hall–Kier alpha value is 2.85. The van der Waals surface area contributed by atoms with E-state index in [4.69, 9.17) is 3.32 Å². The first-order chi connectivity index (χ1) is 1.00. The molecule has 0 fully saturated rings. The second-order valence-corrected chi connectivity index (χ2v) is 0.